The largest absolute Gasteiger partial charge is 0.382 e. The van der Waals surface area contributed by atoms with Crippen molar-refractivity contribution in [2.75, 3.05) is 12.4 Å². The van der Waals surface area contributed by atoms with Gasteiger partial charge < -0.3 is 10.2 Å². The molecule has 0 radical (unpaired) electrons. The van der Waals surface area contributed by atoms with Crippen molar-refractivity contribution >= 4 is 17.4 Å². The van der Waals surface area contributed by atoms with E-state index in [1.165, 1.54) is 25.7 Å². The Morgan fingerprint density at radius 3 is 2.30 bits per heavy atom. The fraction of sp³-hybridized carbons (Fsp3) is 0.600. The molecule has 3 rings (SSSR count). The molecule has 2 saturated heterocycles. The van der Waals surface area contributed by atoms with Crippen LogP contribution in [0.25, 0.3) is 0 Å². The van der Waals surface area contributed by atoms with Crippen LogP contribution in [0.5, 0.6) is 0 Å². The number of nitrogens with one attached hydrogen (secondary N) is 1. The van der Waals surface area contributed by atoms with E-state index in [-0.39, 0.29) is 0 Å². The fourth-order valence-corrected chi connectivity index (χ4v) is 4.00. The summed E-state index contributed by atoms with van der Waals surface area (Å²) in [4.78, 5) is 3.13. The molecule has 0 saturated carbocycles. The number of halogens is 2. The van der Waals surface area contributed by atoms with Crippen LogP contribution >= 0.6 is 11.8 Å². The molecule has 1 aromatic carbocycles. The lowest BCUT2D eigenvalue weighted by Gasteiger charge is -2.37. The minimum Gasteiger partial charge on any atom is -0.382 e. The maximum Gasteiger partial charge on any atom is 0.288 e. The second kappa shape index (κ2) is 5.90. The van der Waals surface area contributed by atoms with Gasteiger partial charge in [0.1, 0.15) is 0 Å². The highest BCUT2D eigenvalue weighted by molar-refractivity contribution is 7.99. The summed E-state index contributed by atoms with van der Waals surface area (Å²) in [7, 11) is 2.23. The summed E-state index contributed by atoms with van der Waals surface area (Å²) in [6, 6.07) is 9.28. The van der Waals surface area contributed by atoms with E-state index < -0.39 is 5.76 Å². The Hall–Kier alpha value is -0.810. The van der Waals surface area contributed by atoms with Crippen molar-refractivity contribution in [3.8, 4) is 0 Å². The number of hydrogen-bond acceptors (Lipinski definition) is 3. The van der Waals surface area contributed by atoms with Crippen molar-refractivity contribution in [3.05, 3.63) is 24.3 Å². The molecule has 0 aromatic heterocycles. The second-order valence-electron chi connectivity index (χ2n) is 5.77. The third kappa shape index (κ3) is 3.09. The molecule has 20 heavy (non-hydrogen) atoms. The van der Waals surface area contributed by atoms with Gasteiger partial charge in [0.25, 0.3) is 5.76 Å². The van der Waals surface area contributed by atoms with E-state index in [1.54, 1.807) is 12.1 Å². The standard InChI is InChI=1S/C15H20F2N2S/c1-19-12-4-5-13(19)9-11(8-12)18-10-2-6-14(7-3-10)20-15(16)17/h2-3,6-7,11-13,15,18H,4-5,8-9H2,1H3. The zero-order chi connectivity index (χ0) is 14.1. The Kier molecular flexibility index (Phi) is 4.17. The van der Waals surface area contributed by atoms with E-state index in [0.29, 0.717) is 34.8 Å². The van der Waals surface area contributed by atoms with Crippen LogP contribution in [0.1, 0.15) is 25.7 Å². The molecule has 5 heteroatoms. The summed E-state index contributed by atoms with van der Waals surface area (Å²) in [5.74, 6) is -2.35. The molecule has 2 bridgehead atoms. The Balaban J connectivity index is 1.58. The van der Waals surface area contributed by atoms with Gasteiger partial charge >= 0.3 is 0 Å². The van der Waals surface area contributed by atoms with Crippen molar-refractivity contribution in [2.45, 2.75) is 54.5 Å². The Labute approximate surface area is 122 Å². The smallest absolute Gasteiger partial charge is 0.288 e. The summed E-state index contributed by atoms with van der Waals surface area (Å²) in [5, 5.41) is 3.56. The maximum absolute atomic E-state index is 12.3. The summed E-state index contributed by atoms with van der Waals surface area (Å²) in [5.41, 5.74) is 1.04. The lowest BCUT2D eigenvalue weighted by atomic mass is 9.98. The van der Waals surface area contributed by atoms with Gasteiger partial charge in [-0.2, -0.15) is 8.78 Å². The van der Waals surface area contributed by atoms with Crippen molar-refractivity contribution in [2.24, 2.45) is 0 Å². The van der Waals surface area contributed by atoms with Gasteiger partial charge in [0.2, 0.25) is 0 Å². The molecule has 0 aliphatic carbocycles. The SMILES string of the molecule is CN1C2CCC1CC(Nc1ccc(SC(F)F)cc1)C2. The number of rotatable bonds is 4. The van der Waals surface area contributed by atoms with E-state index in [0.717, 1.165) is 5.69 Å². The van der Waals surface area contributed by atoms with Crippen LogP contribution in [0.15, 0.2) is 29.2 Å². The summed E-state index contributed by atoms with van der Waals surface area (Å²) < 4.78 is 24.5. The van der Waals surface area contributed by atoms with Crippen LogP contribution in [0.3, 0.4) is 0 Å². The molecule has 2 atom stereocenters. The summed E-state index contributed by atoms with van der Waals surface area (Å²) in [6.07, 6.45) is 4.98. The molecule has 1 aromatic rings. The average molecular weight is 298 g/mol. The van der Waals surface area contributed by atoms with Crippen LogP contribution in [0.4, 0.5) is 14.5 Å². The van der Waals surface area contributed by atoms with Gasteiger partial charge in [-0.3, -0.25) is 0 Å². The number of fused-ring (bicyclic) bond motifs is 2. The van der Waals surface area contributed by atoms with Crippen molar-refractivity contribution in [1.82, 2.24) is 4.90 Å². The van der Waals surface area contributed by atoms with E-state index in [1.807, 2.05) is 12.1 Å². The predicted molar refractivity (Wildman–Crippen MR) is 79.5 cm³/mol. The normalized spacial score (nSPS) is 29.9. The third-order valence-electron chi connectivity index (χ3n) is 4.55. The molecule has 2 fully saturated rings. The first-order valence-corrected chi connectivity index (χ1v) is 8.03. The van der Waals surface area contributed by atoms with Gasteiger partial charge in [0.15, 0.2) is 0 Å². The molecular formula is C15H20F2N2S. The first kappa shape index (κ1) is 14.1. The van der Waals surface area contributed by atoms with E-state index in [9.17, 15) is 8.78 Å². The lowest BCUT2D eigenvalue weighted by molar-refractivity contribution is 0.169. The van der Waals surface area contributed by atoms with Crippen molar-refractivity contribution in [3.63, 3.8) is 0 Å². The maximum atomic E-state index is 12.3. The molecule has 2 heterocycles. The molecule has 2 aliphatic rings. The number of nitrogens with zero attached hydrogens (tertiary/aromatic N) is 1. The van der Waals surface area contributed by atoms with E-state index in [4.69, 9.17) is 0 Å². The number of anilines is 1. The zero-order valence-corrected chi connectivity index (χ0v) is 12.4. The highest BCUT2D eigenvalue weighted by Crippen LogP contribution is 2.35. The number of hydrogen-bond donors (Lipinski definition) is 1. The Bertz CT molecular complexity index is 438. The molecule has 0 spiro atoms. The first-order chi connectivity index (χ1) is 9.61. The van der Waals surface area contributed by atoms with E-state index in [2.05, 4.69) is 17.3 Å². The van der Waals surface area contributed by atoms with Gasteiger partial charge in [-0.15, -0.1) is 0 Å². The average Bonchev–Trinajstić information content (AvgIpc) is 2.63. The Morgan fingerprint density at radius 2 is 1.75 bits per heavy atom. The zero-order valence-electron chi connectivity index (χ0n) is 11.6. The topological polar surface area (TPSA) is 15.3 Å². The number of benzene rings is 1. The minimum atomic E-state index is -2.35. The highest BCUT2D eigenvalue weighted by Gasteiger charge is 2.38. The van der Waals surface area contributed by atoms with E-state index >= 15 is 0 Å². The molecule has 110 valence electrons. The molecular weight excluding hydrogens is 278 g/mol. The van der Waals surface area contributed by atoms with Gasteiger partial charge in [0, 0.05) is 28.7 Å². The highest BCUT2D eigenvalue weighted by atomic mass is 32.2. The second-order valence-corrected chi connectivity index (χ2v) is 6.83. The molecule has 1 N–H and O–H groups in total. The molecule has 2 aliphatic heterocycles. The number of thioether (sulfide) groups is 1. The quantitative estimate of drug-likeness (QED) is 0.845. The van der Waals surface area contributed by atoms with Crippen LogP contribution < -0.4 is 5.32 Å². The first-order valence-electron chi connectivity index (χ1n) is 7.15. The Morgan fingerprint density at radius 1 is 1.15 bits per heavy atom. The van der Waals surface area contributed by atoms with Crippen LogP contribution in [-0.2, 0) is 0 Å². The summed E-state index contributed by atoms with van der Waals surface area (Å²) >= 11 is 0.596. The van der Waals surface area contributed by atoms with Crippen LogP contribution in [0.2, 0.25) is 0 Å². The van der Waals surface area contributed by atoms with Gasteiger partial charge in [0.05, 0.1) is 0 Å². The number of piperidine rings is 1. The molecule has 2 unspecified atom stereocenters. The van der Waals surface area contributed by atoms with Crippen LogP contribution in [-0.4, -0.2) is 35.8 Å². The minimum absolute atomic E-state index is 0.511. The fourth-order valence-electron chi connectivity index (χ4n) is 3.50. The molecule has 0 amide bonds. The monoisotopic (exact) mass is 298 g/mol. The predicted octanol–water partition coefficient (Wildman–Crippen LogP) is 4.04. The van der Waals surface area contributed by atoms with Gasteiger partial charge in [-0.05, 0) is 57.0 Å². The van der Waals surface area contributed by atoms with Crippen molar-refractivity contribution < 1.29 is 8.78 Å². The summed E-state index contributed by atoms with van der Waals surface area (Å²) in [6.45, 7) is 0. The van der Waals surface area contributed by atoms with Gasteiger partial charge in [-0.1, -0.05) is 11.8 Å². The lowest BCUT2D eigenvalue weighted by Crippen LogP contribution is -2.44. The van der Waals surface area contributed by atoms with Crippen LogP contribution in [0, 0.1) is 0 Å². The van der Waals surface area contributed by atoms with Crippen molar-refractivity contribution in [1.29, 1.82) is 0 Å². The number of alkyl halides is 2. The van der Waals surface area contributed by atoms with Gasteiger partial charge in [-0.25, -0.2) is 0 Å². The third-order valence-corrected chi connectivity index (χ3v) is 5.27. The molecule has 2 nitrogen and oxygen atoms in total.